The molecule has 10 atom stereocenters. The van der Waals surface area contributed by atoms with Crippen molar-refractivity contribution >= 4 is 13.8 Å². The van der Waals surface area contributed by atoms with Gasteiger partial charge in [-0.2, -0.15) is 0 Å². The second kappa shape index (κ2) is 13.6. The van der Waals surface area contributed by atoms with Crippen LogP contribution in [0.5, 0.6) is 0 Å². The zero-order valence-corrected chi connectivity index (χ0v) is 37.1. The van der Waals surface area contributed by atoms with Gasteiger partial charge in [-0.25, -0.2) is 0 Å². The van der Waals surface area contributed by atoms with Crippen LogP contribution in [-0.4, -0.2) is 12.1 Å². The van der Waals surface area contributed by atoms with Crippen LogP contribution >= 0.6 is 7.82 Å². The van der Waals surface area contributed by atoms with Gasteiger partial charge < -0.3 is 28.8 Å². The van der Waals surface area contributed by atoms with Crippen LogP contribution in [0.1, 0.15) is 106 Å². The summed E-state index contributed by atoms with van der Waals surface area (Å²) in [5, 5.41) is 12.7. The second-order valence-electron chi connectivity index (χ2n) is 15.0. The zero-order chi connectivity index (χ0) is 27.4. The first-order valence-electron chi connectivity index (χ1n) is 14.6. The molecule has 5 aliphatic rings. The van der Waals surface area contributed by atoms with Crippen molar-refractivity contribution in [2.24, 2.45) is 56.7 Å². The summed E-state index contributed by atoms with van der Waals surface area (Å²) in [4.78, 5) is 35.8. The third-order valence-corrected chi connectivity index (χ3v) is 14.1. The van der Waals surface area contributed by atoms with Crippen LogP contribution < -0.4 is 169 Å². The van der Waals surface area contributed by atoms with E-state index in [1.54, 1.807) is 0 Å². The fraction of sp³-hybridized carbons (Fsp3) is 0.900. The normalized spacial score (nSPS) is 47.3. The van der Waals surface area contributed by atoms with Crippen molar-refractivity contribution in [3.8, 4) is 0 Å². The van der Waals surface area contributed by atoms with E-state index in [2.05, 4.69) is 54.5 Å². The first-order chi connectivity index (χ1) is 16.9. The Kier molecular flexibility index (Phi) is 13.8. The molecule has 0 aliphatic heterocycles. The van der Waals surface area contributed by atoms with E-state index in [0.29, 0.717) is 30.6 Å². The minimum absolute atomic E-state index is 0. The number of allylic oxidation sites excluding steroid dienone is 2. The molecule has 0 heterocycles. The molecule has 0 amide bonds. The maximum Gasteiger partial charge on any atom is 1.00 e. The van der Waals surface area contributed by atoms with Crippen LogP contribution in [0.25, 0.3) is 0 Å². The molecule has 0 radical (unpaired) electrons. The van der Waals surface area contributed by atoms with Gasteiger partial charge in [-0.3, -0.25) is 0 Å². The summed E-state index contributed by atoms with van der Waals surface area (Å²) in [6.45, 7) is 16.0. The van der Waals surface area contributed by atoms with Gasteiger partial charge in [0.05, 0.1) is 13.9 Å². The number of hydrogen-bond donors (Lipinski definition) is 0. The average Bonchev–Trinajstić information content (AvgIpc) is 2.78. The van der Waals surface area contributed by atoms with E-state index in [1.807, 2.05) is 0 Å². The van der Waals surface area contributed by atoms with Crippen molar-refractivity contribution in [3.63, 3.8) is 0 Å². The van der Waals surface area contributed by atoms with Crippen LogP contribution in [0.3, 0.4) is 0 Å². The Balaban J connectivity index is 0.00000187. The summed E-state index contributed by atoms with van der Waals surface area (Å²) in [5.74, 6) is 0.648. The van der Waals surface area contributed by atoms with E-state index in [9.17, 15) is 24.3 Å². The summed E-state index contributed by atoms with van der Waals surface area (Å²) in [6.07, 6.45) is 9.42. The van der Waals surface area contributed by atoms with Gasteiger partial charge in [-0.1, -0.05) is 60.1 Å². The number of phosphoric ester groups is 1. The Morgan fingerprint density at radius 1 is 0.900 bits per heavy atom. The van der Waals surface area contributed by atoms with Crippen molar-refractivity contribution in [3.05, 3.63) is 11.6 Å². The molecule has 0 N–H and O–H groups in total. The van der Waals surface area contributed by atoms with Gasteiger partial charge in [-0.15, -0.1) is 0 Å². The molecule has 40 heavy (non-hydrogen) atoms. The summed E-state index contributed by atoms with van der Waals surface area (Å²) in [6, 6.07) is 0. The van der Waals surface area contributed by atoms with Crippen LogP contribution in [0.15, 0.2) is 11.6 Å². The van der Waals surface area contributed by atoms with Gasteiger partial charge >= 0.3 is 154 Å². The molecule has 5 rings (SSSR count). The molecule has 4 saturated carbocycles. The van der Waals surface area contributed by atoms with Gasteiger partial charge in [0.25, 0.3) is 0 Å². The number of carboxylic acids is 1. The third kappa shape index (κ3) is 6.13. The minimum Gasteiger partial charge on any atom is -0.790 e. The van der Waals surface area contributed by atoms with E-state index in [4.69, 9.17) is 4.52 Å². The van der Waals surface area contributed by atoms with Crippen molar-refractivity contribution in [2.75, 3.05) is 0 Å². The van der Waals surface area contributed by atoms with Gasteiger partial charge in [0.2, 0.25) is 0 Å². The molecule has 0 spiro atoms. The molecule has 0 unspecified atom stereocenters. The summed E-state index contributed by atoms with van der Waals surface area (Å²) in [5.41, 5.74) is 0.160. The number of rotatable bonds is 3. The Hall–Kier alpha value is 4.23. The molecule has 0 aromatic rings. The van der Waals surface area contributed by atoms with Gasteiger partial charge in [0, 0.05) is 11.4 Å². The van der Waals surface area contributed by atoms with E-state index in [1.165, 1.54) is 5.57 Å². The molecule has 4 fully saturated rings. The first kappa shape index (κ1) is 40.4. The molecule has 0 aromatic carbocycles. The number of carbonyl (C=O) groups excluding carboxylic acids is 1. The van der Waals surface area contributed by atoms with Gasteiger partial charge in [0.1, 0.15) is 0 Å². The third-order valence-electron chi connectivity index (χ3n) is 13.6. The van der Waals surface area contributed by atoms with Gasteiger partial charge in [0.15, 0.2) is 0 Å². The standard InChI is InChI=1S/C30H49O6P.3K/c1-18-10-15-30(25(31)32)17-16-28(6)20(24(30)19(18)2)8-9-22-27(5)13-12-23(36-37(33,34)35)26(3,4)21(27)11-14-29(22,28)7;;;/h8,18-19,21-24H,9-17H2,1-7H3,(H,31,32)(H2,33,34,35);;;/q;3*+1/p-3/t18-,19+,21+,22-,23+,24+,27+,28-,29-,30+;;;/m1.../s1. The van der Waals surface area contributed by atoms with Crippen molar-refractivity contribution in [1.29, 1.82) is 0 Å². The molecule has 0 aromatic heterocycles. The fourth-order valence-corrected chi connectivity index (χ4v) is 11.9. The topological polar surface area (TPSA) is 113 Å². The fourth-order valence-electron chi connectivity index (χ4n) is 11.2. The predicted molar refractivity (Wildman–Crippen MR) is 136 cm³/mol. The molecular weight excluding hydrogens is 605 g/mol. The number of phosphoric acid groups is 1. The smallest absolute Gasteiger partial charge is 0.790 e. The molecule has 0 bridgehead atoms. The summed E-state index contributed by atoms with van der Waals surface area (Å²) < 4.78 is 16.7. The zero-order valence-electron chi connectivity index (χ0n) is 26.8. The molecule has 0 saturated heterocycles. The molecule has 210 valence electrons. The maximum atomic E-state index is 12.7. The first-order valence-corrected chi connectivity index (χ1v) is 16.0. The Morgan fingerprint density at radius 2 is 1.52 bits per heavy atom. The van der Waals surface area contributed by atoms with Crippen LogP contribution in [0, 0.1) is 56.7 Å². The predicted octanol–water partition coefficient (Wildman–Crippen LogP) is -4.38. The second-order valence-corrected chi connectivity index (χ2v) is 16.1. The van der Waals surface area contributed by atoms with E-state index in [-0.39, 0.29) is 182 Å². The van der Waals surface area contributed by atoms with E-state index < -0.39 is 30.7 Å². The Morgan fingerprint density at radius 3 is 2.10 bits per heavy atom. The molecule has 5 aliphatic carbocycles. The molecule has 10 heteroatoms. The molecule has 6 nitrogen and oxygen atoms in total. The number of fused-ring (bicyclic) bond motifs is 7. The largest absolute Gasteiger partial charge is 1.00 e. The number of carbonyl (C=O) groups is 1. The maximum absolute atomic E-state index is 12.7. The Labute approximate surface area is 370 Å². The summed E-state index contributed by atoms with van der Waals surface area (Å²) in [7, 11) is -5.06. The number of carboxylic acid groups (broad SMARTS) is 1. The van der Waals surface area contributed by atoms with E-state index >= 15 is 0 Å². The van der Waals surface area contributed by atoms with Crippen LogP contribution in [0.4, 0.5) is 0 Å². The number of hydrogen-bond acceptors (Lipinski definition) is 6. The van der Waals surface area contributed by atoms with E-state index in [0.717, 1.165) is 44.9 Å². The summed E-state index contributed by atoms with van der Waals surface area (Å²) >= 11 is 0. The van der Waals surface area contributed by atoms with Gasteiger partial charge in [-0.05, 0) is 109 Å². The van der Waals surface area contributed by atoms with Crippen molar-refractivity contribution in [1.82, 2.24) is 0 Å². The Bertz CT molecular complexity index is 1060. The monoisotopic (exact) mass is 650 g/mol. The van der Waals surface area contributed by atoms with Crippen molar-refractivity contribution in [2.45, 2.75) is 112 Å². The quantitative estimate of drug-likeness (QED) is 0.173. The SMILES string of the molecule is C[C@H]1[C@H](C)CC[C@]2(C(=O)[O-])CC[C@]3(C)C(=CC[C@@H]4[C@@]5(C)CC[C@H](OP(=O)([O-])[O-])C(C)(C)[C@@H]5CC[C@]43C)[C@H]12.[K+].[K+].[K+]. The van der Waals surface area contributed by atoms with Crippen molar-refractivity contribution < 1.29 is 183 Å². The minimum atomic E-state index is -5.06. The average molecular weight is 651 g/mol. The van der Waals surface area contributed by atoms with Crippen LogP contribution in [0.2, 0.25) is 0 Å². The van der Waals surface area contributed by atoms with Crippen LogP contribution in [-0.2, 0) is 13.9 Å². The molecular formula is C30H46K3O6P. The number of aliphatic carboxylic acids is 1.